The van der Waals surface area contributed by atoms with Crippen molar-refractivity contribution in [1.29, 1.82) is 0 Å². The summed E-state index contributed by atoms with van der Waals surface area (Å²) >= 11 is 0. The molecule has 0 aromatic heterocycles. The lowest BCUT2D eigenvalue weighted by Crippen LogP contribution is -1.99. The van der Waals surface area contributed by atoms with E-state index in [1.165, 1.54) is 6.08 Å². The first-order valence-corrected chi connectivity index (χ1v) is 8.59. The number of hydrogen-bond acceptors (Lipinski definition) is 3. The van der Waals surface area contributed by atoms with Crippen LogP contribution in [-0.4, -0.2) is 11.1 Å². The van der Waals surface area contributed by atoms with E-state index in [0.29, 0.717) is 30.3 Å². The van der Waals surface area contributed by atoms with Gasteiger partial charge in [0.15, 0.2) is 0 Å². The topological polar surface area (TPSA) is 55.8 Å². The average molecular weight is 360 g/mol. The summed E-state index contributed by atoms with van der Waals surface area (Å²) < 4.78 is 11.8. The Kier molecular flexibility index (Phi) is 6.26. The molecule has 136 valence electrons. The predicted molar refractivity (Wildman–Crippen MR) is 105 cm³/mol. The molecule has 0 saturated carbocycles. The molecule has 0 fully saturated rings. The maximum absolute atomic E-state index is 10.8. The van der Waals surface area contributed by atoms with Crippen LogP contribution in [0, 0.1) is 0 Å². The molecule has 0 radical (unpaired) electrons. The average Bonchev–Trinajstić information content (AvgIpc) is 2.71. The normalized spacial score (nSPS) is 10.7. The number of carbonyl (C=O) groups is 1. The molecule has 0 aliphatic rings. The van der Waals surface area contributed by atoms with Crippen LogP contribution in [-0.2, 0) is 18.0 Å². The zero-order valence-corrected chi connectivity index (χ0v) is 14.7. The monoisotopic (exact) mass is 360 g/mol. The fourth-order valence-electron chi connectivity index (χ4n) is 2.50. The van der Waals surface area contributed by atoms with E-state index in [1.807, 2.05) is 60.7 Å². The Labute approximate surface area is 158 Å². The highest BCUT2D eigenvalue weighted by molar-refractivity contribution is 5.86. The van der Waals surface area contributed by atoms with E-state index in [0.717, 1.165) is 17.2 Å². The third-order valence-corrected chi connectivity index (χ3v) is 3.88. The van der Waals surface area contributed by atoms with E-state index in [1.54, 1.807) is 18.2 Å². The second-order valence-corrected chi connectivity index (χ2v) is 5.92. The number of ether oxygens (including phenoxy) is 2. The molecule has 0 atom stereocenters. The van der Waals surface area contributed by atoms with Gasteiger partial charge in [-0.2, -0.15) is 0 Å². The van der Waals surface area contributed by atoms with E-state index in [2.05, 4.69) is 0 Å². The van der Waals surface area contributed by atoms with Gasteiger partial charge in [-0.25, -0.2) is 4.79 Å². The van der Waals surface area contributed by atoms with Crippen molar-refractivity contribution >= 4 is 12.0 Å². The molecule has 0 saturated heterocycles. The van der Waals surface area contributed by atoms with Crippen molar-refractivity contribution in [1.82, 2.24) is 0 Å². The molecule has 0 aliphatic carbocycles. The summed E-state index contributed by atoms with van der Waals surface area (Å²) in [6.45, 7) is 0.833. The van der Waals surface area contributed by atoms with E-state index in [9.17, 15) is 4.79 Å². The van der Waals surface area contributed by atoms with Crippen molar-refractivity contribution in [3.8, 4) is 11.5 Å². The van der Waals surface area contributed by atoms with Crippen LogP contribution in [0.5, 0.6) is 11.5 Å². The third-order valence-electron chi connectivity index (χ3n) is 3.88. The molecule has 0 bridgehead atoms. The zero-order chi connectivity index (χ0) is 18.9. The van der Waals surface area contributed by atoms with E-state index < -0.39 is 5.97 Å². The molecule has 3 aromatic rings. The maximum atomic E-state index is 10.8. The van der Waals surface area contributed by atoms with Crippen molar-refractivity contribution in [3.63, 3.8) is 0 Å². The lowest BCUT2D eigenvalue weighted by Gasteiger charge is -2.12. The minimum Gasteiger partial charge on any atom is -0.489 e. The summed E-state index contributed by atoms with van der Waals surface area (Å²) in [5.41, 5.74) is 2.78. The molecule has 4 heteroatoms. The molecule has 0 aliphatic heterocycles. The first-order valence-electron chi connectivity index (χ1n) is 8.59. The predicted octanol–water partition coefficient (Wildman–Crippen LogP) is 4.94. The molecule has 0 amide bonds. The van der Waals surface area contributed by atoms with Gasteiger partial charge < -0.3 is 14.6 Å². The van der Waals surface area contributed by atoms with Crippen LogP contribution in [0.4, 0.5) is 0 Å². The van der Waals surface area contributed by atoms with Crippen LogP contribution >= 0.6 is 0 Å². The number of benzene rings is 3. The Hall–Kier alpha value is -3.53. The highest BCUT2D eigenvalue weighted by atomic mass is 16.5. The largest absolute Gasteiger partial charge is 0.489 e. The summed E-state index contributed by atoms with van der Waals surface area (Å²) in [5.74, 6) is 0.227. The Morgan fingerprint density at radius 2 is 1.41 bits per heavy atom. The van der Waals surface area contributed by atoms with Crippen LogP contribution in [0.15, 0.2) is 84.9 Å². The van der Waals surface area contributed by atoms with Crippen molar-refractivity contribution in [2.75, 3.05) is 0 Å². The third kappa shape index (κ3) is 5.75. The minimum absolute atomic E-state index is 0.386. The van der Waals surface area contributed by atoms with Gasteiger partial charge in [-0.1, -0.05) is 60.7 Å². The maximum Gasteiger partial charge on any atom is 0.328 e. The van der Waals surface area contributed by atoms with Gasteiger partial charge in [-0.05, 0) is 29.3 Å². The van der Waals surface area contributed by atoms with Crippen molar-refractivity contribution < 1.29 is 19.4 Å². The standard InChI is InChI=1S/C23H20O4/c24-23(25)14-12-20-11-13-21(26-16-18-7-3-1-4-8-18)15-22(20)27-17-19-9-5-2-6-10-19/h1-15H,16-17H2,(H,24,25). The van der Waals surface area contributed by atoms with Gasteiger partial charge in [0.05, 0.1) is 0 Å². The first kappa shape index (κ1) is 18.3. The number of carboxylic acids is 1. The Bertz CT molecular complexity index is 902. The second kappa shape index (κ2) is 9.25. The van der Waals surface area contributed by atoms with Crippen molar-refractivity contribution in [2.45, 2.75) is 13.2 Å². The van der Waals surface area contributed by atoms with Gasteiger partial charge in [0, 0.05) is 17.7 Å². The van der Waals surface area contributed by atoms with Crippen molar-refractivity contribution in [3.05, 3.63) is 102 Å². The summed E-state index contributed by atoms with van der Waals surface area (Å²) in [5, 5.41) is 8.89. The summed E-state index contributed by atoms with van der Waals surface area (Å²) in [6, 6.07) is 25.1. The highest BCUT2D eigenvalue weighted by Gasteiger charge is 2.06. The zero-order valence-electron chi connectivity index (χ0n) is 14.7. The van der Waals surface area contributed by atoms with Crippen molar-refractivity contribution in [2.24, 2.45) is 0 Å². The lowest BCUT2D eigenvalue weighted by molar-refractivity contribution is -0.131. The van der Waals surface area contributed by atoms with Crippen LogP contribution in [0.2, 0.25) is 0 Å². The highest BCUT2D eigenvalue weighted by Crippen LogP contribution is 2.27. The Balaban J connectivity index is 1.76. The van der Waals surface area contributed by atoms with E-state index in [-0.39, 0.29) is 0 Å². The molecule has 0 spiro atoms. The number of rotatable bonds is 8. The SMILES string of the molecule is O=C(O)C=Cc1ccc(OCc2ccccc2)cc1OCc1ccccc1. The van der Waals surface area contributed by atoms with Crippen LogP contribution in [0.25, 0.3) is 6.08 Å². The van der Waals surface area contributed by atoms with Gasteiger partial charge in [0.2, 0.25) is 0 Å². The van der Waals surface area contributed by atoms with Crippen LogP contribution < -0.4 is 9.47 Å². The van der Waals surface area contributed by atoms with Gasteiger partial charge in [0.25, 0.3) is 0 Å². The molecule has 3 aromatic carbocycles. The first-order chi connectivity index (χ1) is 13.2. The molecule has 0 unspecified atom stereocenters. The van der Waals surface area contributed by atoms with E-state index >= 15 is 0 Å². The van der Waals surface area contributed by atoms with E-state index in [4.69, 9.17) is 14.6 Å². The Morgan fingerprint density at radius 3 is 2.00 bits per heavy atom. The fraction of sp³-hybridized carbons (Fsp3) is 0.0870. The lowest BCUT2D eigenvalue weighted by atomic mass is 10.1. The molecule has 3 rings (SSSR count). The minimum atomic E-state index is -1.01. The second-order valence-electron chi connectivity index (χ2n) is 5.92. The molecule has 1 N–H and O–H groups in total. The fourth-order valence-corrected chi connectivity index (χ4v) is 2.50. The number of carboxylic acid groups (broad SMARTS) is 1. The molecule has 27 heavy (non-hydrogen) atoms. The smallest absolute Gasteiger partial charge is 0.328 e. The quantitative estimate of drug-likeness (QED) is 0.578. The summed E-state index contributed by atoms with van der Waals surface area (Å²) in [4.78, 5) is 10.8. The molecule has 0 heterocycles. The van der Waals surface area contributed by atoms with Gasteiger partial charge in [0.1, 0.15) is 24.7 Å². The molecular weight excluding hydrogens is 340 g/mol. The molecular formula is C23H20O4. The Morgan fingerprint density at radius 1 is 0.815 bits per heavy atom. The number of hydrogen-bond donors (Lipinski definition) is 1. The van der Waals surface area contributed by atoms with Gasteiger partial charge in [-0.15, -0.1) is 0 Å². The summed E-state index contributed by atoms with van der Waals surface area (Å²) in [6.07, 6.45) is 2.61. The number of aliphatic carboxylic acids is 1. The van der Waals surface area contributed by atoms with Gasteiger partial charge >= 0.3 is 5.97 Å². The summed E-state index contributed by atoms with van der Waals surface area (Å²) in [7, 11) is 0. The van der Waals surface area contributed by atoms with Gasteiger partial charge in [-0.3, -0.25) is 0 Å². The van der Waals surface area contributed by atoms with Crippen LogP contribution in [0.3, 0.4) is 0 Å². The van der Waals surface area contributed by atoms with Crippen LogP contribution in [0.1, 0.15) is 16.7 Å². The molecule has 4 nitrogen and oxygen atoms in total.